The Morgan fingerprint density at radius 1 is 1.11 bits per heavy atom. The number of pyridine rings is 1. The summed E-state index contributed by atoms with van der Waals surface area (Å²) < 4.78 is 5.50. The molecule has 1 heterocycles. The fourth-order valence-electron chi connectivity index (χ4n) is 3.50. The number of benzene rings is 1. The van der Waals surface area contributed by atoms with E-state index in [2.05, 4.69) is 10.3 Å². The van der Waals surface area contributed by atoms with Gasteiger partial charge in [-0.25, -0.2) is 4.79 Å². The summed E-state index contributed by atoms with van der Waals surface area (Å²) in [5, 5.41) is 3.76. The molecule has 144 valence electrons. The van der Waals surface area contributed by atoms with Crippen molar-refractivity contribution in [3.05, 3.63) is 41.6 Å². The minimum Gasteiger partial charge on any atom is -0.449 e. The van der Waals surface area contributed by atoms with Gasteiger partial charge in [0.25, 0.3) is 5.91 Å². The van der Waals surface area contributed by atoms with Crippen LogP contribution in [0.2, 0.25) is 0 Å². The molecule has 2 aromatic rings. The second kappa shape index (κ2) is 8.51. The fourth-order valence-corrected chi connectivity index (χ4v) is 3.50. The topological polar surface area (TPSA) is 68.3 Å². The van der Waals surface area contributed by atoms with E-state index in [1.165, 1.54) is 6.42 Å². The van der Waals surface area contributed by atoms with E-state index < -0.39 is 12.1 Å². The van der Waals surface area contributed by atoms with Crippen LogP contribution in [0.3, 0.4) is 0 Å². The first-order valence-electron chi connectivity index (χ1n) is 9.86. The van der Waals surface area contributed by atoms with Gasteiger partial charge >= 0.3 is 5.97 Å². The van der Waals surface area contributed by atoms with E-state index in [0.29, 0.717) is 5.56 Å². The van der Waals surface area contributed by atoms with E-state index in [9.17, 15) is 9.59 Å². The molecule has 0 bridgehead atoms. The Balaban J connectivity index is 1.75. The summed E-state index contributed by atoms with van der Waals surface area (Å²) in [4.78, 5) is 29.8. The van der Waals surface area contributed by atoms with Crippen LogP contribution in [0, 0.1) is 0 Å². The predicted octanol–water partition coefficient (Wildman–Crippen LogP) is 4.35. The molecule has 1 aliphatic rings. The number of nitrogens with zero attached hydrogens (tertiary/aromatic N) is 1. The van der Waals surface area contributed by atoms with Crippen molar-refractivity contribution in [2.75, 3.05) is 0 Å². The Morgan fingerprint density at radius 3 is 2.52 bits per heavy atom. The van der Waals surface area contributed by atoms with Gasteiger partial charge in [-0.2, -0.15) is 0 Å². The zero-order valence-corrected chi connectivity index (χ0v) is 16.3. The van der Waals surface area contributed by atoms with Crippen LogP contribution in [0.1, 0.15) is 74.8 Å². The van der Waals surface area contributed by atoms with E-state index in [1.54, 1.807) is 13.0 Å². The molecule has 0 saturated heterocycles. The Kier molecular flexibility index (Phi) is 6.09. The quantitative estimate of drug-likeness (QED) is 0.797. The van der Waals surface area contributed by atoms with Crippen LogP contribution < -0.4 is 5.32 Å². The number of hydrogen-bond acceptors (Lipinski definition) is 4. The lowest BCUT2D eigenvalue weighted by molar-refractivity contribution is -0.130. The van der Waals surface area contributed by atoms with Gasteiger partial charge in [0.2, 0.25) is 0 Å². The molecule has 1 aliphatic carbocycles. The van der Waals surface area contributed by atoms with E-state index in [0.717, 1.165) is 42.3 Å². The van der Waals surface area contributed by atoms with Crippen LogP contribution in [0.5, 0.6) is 0 Å². The molecule has 1 aromatic heterocycles. The zero-order chi connectivity index (χ0) is 19.4. The number of para-hydroxylation sites is 1. The monoisotopic (exact) mass is 368 g/mol. The summed E-state index contributed by atoms with van der Waals surface area (Å²) in [5.74, 6) is -0.521. The van der Waals surface area contributed by atoms with Crippen LogP contribution in [-0.4, -0.2) is 29.0 Å². The Bertz CT molecular complexity index is 825. The Labute approximate surface area is 160 Å². The van der Waals surface area contributed by atoms with Crippen molar-refractivity contribution in [1.29, 1.82) is 0 Å². The highest BCUT2D eigenvalue weighted by Crippen LogP contribution is 2.23. The molecule has 1 unspecified atom stereocenters. The molecule has 1 fully saturated rings. The van der Waals surface area contributed by atoms with Crippen LogP contribution in [-0.2, 0) is 9.53 Å². The van der Waals surface area contributed by atoms with Gasteiger partial charge in [0.1, 0.15) is 0 Å². The van der Waals surface area contributed by atoms with Gasteiger partial charge in [-0.3, -0.25) is 9.78 Å². The number of esters is 1. The number of ether oxygens (including phenoxy) is 1. The first-order chi connectivity index (χ1) is 13.0. The van der Waals surface area contributed by atoms with Gasteiger partial charge in [0.15, 0.2) is 6.10 Å². The summed E-state index contributed by atoms with van der Waals surface area (Å²) in [6, 6.07) is 9.49. The third-order valence-electron chi connectivity index (χ3n) is 5.15. The second-order valence-electron chi connectivity index (χ2n) is 7.66. The third kappa shape index (κ3) is 4.65. The maximum absolute atomic E-state index is 12.8. The van der Waals surface area contributed by atoms with Crippen molar-refractivity contribution in [2.45, 2.75) is 70.9 Å². The first-order valence-corrected chi connectivity index (χ1v) is 9.86. The fraction of sp³-hybridized carbons (Fsp3) is 0.500. The van der Waals surface area contributed by atoms with Crippen molar-refractivity contribution in [1.82, 2.24) is 10.3 Å². The van der Waals surface area contributed by atoms with Crippen molar-refractivity contribution >= 4 is 22.8 Å². The summed E-state index contributed by atoms with van der Waals surface area (Å²) in [7, 11) is 0. The van der Waals surface area contributed by atoms with Gasteiger partial charge < -0.3 is 10.1 Å². The van der Waals surface area contributed by atoms with E-state index in [4.69, 9.17) is 4.74 Å². The maximum Gasteiger partial charge on any atom is 0.339 e. The van der Waals surface area contributed by atoms with Gasteiger partial charge in [-0.05, 0) is 37.8 Å². The lowest BCUT2D eigenvalue weighted by Gasteiger charge is -2.24. The van der Waals surface area contributed by atoms with Gasteiger partial charge in [-0.1, -0.05) is 51.3 Å². The normalized spacial score (nSPS) is 16.3. The second-order valence-corrected chi connectivity index (χ2v) is 7.66. The molecule has 0 aliphatic heterocycles. The average Bonchev–Trinajstić information content (AvgIpc) is 2.67. The lowest BCUT2D eigenvalue weighted by atomic mass is 9.95. The highest BCUT2D eigenvalue weighted by atomic mass is 16.5. The highest BCUT2D eigenvalue weighted by Gasteiger charge is 2.24. The number of fused-ring (bicyclic) bond motifs is 1. The van der Waals surface area contributed by atoms with Crippen LogP contribution in [0.25, 0.3) is 10.9 Å². The van der Waals surface area contributed by atoms with Crippen molar-refractivity contribution in [3.63, 3.8) is 0 Å². The predicted molar refractivity (Wildman–Crippen MR) is 106 cm³/mol. The SMILES string of the molecule is CC(OC(=O)c1cc(C(C)C)nc2ccccc12)C(=O)NC1CCCCC1. The van der Waals surface area contributed by atoms with Crippen molar-refractivity contribution in [3.8, 4) is 0 Å². The number of carbonyl (C=O) groups excluding carboxylic acids is 2. The van der Waals surface area contributed by atoms with Crippen LogP contribution in [0.15, 0.2) is 30.3 Å². The summed E-state index contributed by atoms with van der Waals surface area (Å²) >= 11 is 0. The minimum atomic E-state index is -0.825. The number of carbonyl (C=O) groups is 2. The molecule has 1 atom stereocenters. The summed E-state index contributed by atoms with van der Waals surface area (Å²) in [6.07, 6.45) is 4.68. The number of hydrogen-bond donors (Lipinski definition) is 1. The summed E-state index contributed by atoms with van der Waals surface area (Å²) in [5.41, 5.74) is 2.05. The molecule has 5 nitrogen and oxygen atoms in total. The molecule has 1 N–H and O–H groups in total. The average molecular weight is 368 g/mol. The third-order valence-corrected chi connectivity index (χ3v) is 5.15. The number of rotatable bonds is 5. The van der Waals surface area contributed by atoms with Gasteiger partial charge in [0, 0.05) is 17.1 Å². The molecule has 0 spiro atoms. The lowest BCUT2D eigenvalue weighted by Crippen LogP contribution is -2.42. The maximum atomic E-state index is 12.8. The molecular formula is C22H28N2O3. The number of nitrogens with one attached hydrogen (secondary N) is 1. The zero-order valence-electron chi connectivity index (χ0n) is 16.3. The largest absolute Gasteiger partial charge is 0.449 e. The van der Waals surface area contributed by atoms with Crippen LogP contribution >= 0.6 is 0 Å². The van der Waals surface area contributed by atoms with E-state index in [1.807, 2.05) is 38.1 Å². The summed E-state index contributed by atoms with van der Waals surface area (Å²) in [6.45, 7) is 5.70. The van der Waals surface area contributed by atoms with E-state index >= 15 is 0 Å². The van der Waals surface area contributed by atoms with Gasteiger partial charge in [0.05, 0.1) is 11.1 Å². The first kappa shape index (κ1) is 19.3. The molecule has 0 radical (unpaired) electrons. The number of aromatic nitrogens is 1. The smallest absolute Gasteiger partial charge is 0.339 e. The van der Waals surface area contributed by atoms with Gasteiger partial charge in [-0.15, -0.1) is 0 Å². The molecule has 27 heavy (non-hydrogen) atoms. The Morgan fingerprint density at radius 2 is 1.81 bits per heavy atom. The van der Waals surface area contributed by atoms with Crippen molar-refractivity contribution in [2.24, 2.45) is 0 Å². The molecule has 1 aromatic carbocycles. The molecule has 1 saturated carbocycles. The van der Waals surface area contributed by atoms with Crippen LogP contribution in [0.4, 0.5) is 0 Å². The minimum absolute atomic E-state index is 0.188. The highest BCUT2D eigenvalue weighted by molar-refractivity contribution is 6.04. The molecule has 5 heteroatoms. The van der Waals surface area contributed by atoms with Crippen molar-refractivity contribution < 1.29 is 14.3 Å². The molecule has 1 amide bonds. The molecular weight excluding hydrogens is 340 g/mol. The molecule has 3 rings (SSSR count). The Hall–Kier alpha value is -2.43. The standard InChI is InChI=1S/C22H28N2O3/c1-14(2)20-13-18(17-11-7-8-12-19(17)24-20)22(26)27-15(3)21(25)23-16-9-5-4-6-10-16/h7-8,11-16H,4-6,9-10H2,1-3H3,(H,23,25). The van der Waals surface area contributed by atoms with E-state index in [-0.39, 0.29) is 17.9 Å². The number of amides is 1.